The molecule has 364 valence electrons. The minimum Gasteiger partial charge on any atom is -0.458 e. The lowest BCUT2D eigenvalue weighted by atomic mass is 9.88. The molecule has 16 nitrogen and oxygen atoms in total. The summed E-state index contributed by atoms with van der Waals surface area (Å²) in [5, 5.41) is 11.0. The van der Waals surface area contributed by atoms with Gasteiger partial charge in [0.1, 0.15) is 36.2 Å². The smallest absolute Gasteiger partial charge is 0.408 e. The van der Waals surface area contributed by atoms with Gasteiger partial charge >= 0.3 is 18.1 Å². The van der Waals surface area contributed by atoms with Crippen molar-refractivity contribution in [1.82, 2.24) is 31.2 Å². The number of rotatable bonds is 21. The monoisotopic (exact) mass is 938 g/mol. The van der Waals surface area contributed by atoms with Gasteiger partial charge in [0.25, 0.3) is 5.91 Å². The van der Waals surface area contributed by atoms with E-state index in [9.17, 15) is 33.2 Å². The number of hydrogen-bond donors (Lipinski definition) is 4. The zero-order valence-corrected chi connectivity index (χ0v) is 39.3. The van der Waals surface area contributed by atoms with E-state index < -0.39 is 89.9 Å². The van der Waals surface area contributed by atoms with Crippen molar-refractivity contribution in [2.45, 2.75) is 96.7 Å². The predicted octanol–water partition coefficient (Wildman–Crippen LogP) is 5.47. The first-order valence-corrected chi connectivity index (χ1v) is 22.8. The molecular formula is C51H63FN6O10. The Morgan fingerprint density at radius 3 is 1.96 bits per heavy atom. The number of carbonyl (C=O) groups is 6. The molecule has 6 amide bonds. The van der Waals surface area contributed by atoms with Crippen LogP contribution in [0.3, 0.4) is 0 Å². The van der Waals surface area contributed by atoms with Crippen LogP contribution in [0.25, 0.3) is 0 Å². The average Bonchev–Trinajstić information content (AvgIpc) is 3.31. The van der Waals surface area contributed by atoms with E-state index in [1.165, 1.54) is 29.2 Å². The highest BCUT2D eigenvalue weighted by atomic mass is 19.1. The lowest BCUT2D eigenvalue weighted by Gasteiger charge is -2.32. The van der Waals surface area contributed by atoms with Crippen LogP contribution in [-0.2, 0) is 64.0 Å². The van der Waals surface area contributed by atoms with E-state index in [2.05, 4.69) is 26.3 Å². The Morgan fingerprint density at radius 2 is 1.35 bits per heavy atom. The molecule has 0 saturated carbocycles. The maximum Gasteiger partial charge on any atom is 0.408 e. The Balaban J connectivity index is 1.44. The number of benzene rings is 3. The number of imide groups is 1. The molecule has 0 radical (unpaired) electrons. The fourth-order valence-electron chi connectivity index (χ4n) is 7.46. The van der Waals surface area contributed by atoms with Crippen molar-refractivity contribution in [2.24, 2.45) is 11.8 Å². The molecule has 68 heavy (non-hydrogen) atoms. The molecule has 1 aromatic heterocycles. The number of nitrogens with zero attached hydrogens (tertiary/aromatic N) is 2. The second kappa shape index (κ2) is 26.0. The number of aromatic nitrogens is 1. The predicted molar refractivity (Wildman–Crippen MR) is 250 cm³/mol. The number of urea groups is 1. The number of hydrogen-bond acceptors (Lipinski definition) is 11. The van der Waals surface area contributed by atoms with E-state index in [4.69, 9.17) is 18.9 Å². The second-order valence-corrected chi connectivity index (χ2v) is 17.9. The molecule has 0 bridgehead atoms. The van der Waals surface area contributed by atoms with E-state index >= 15 is 0 Å². The lowest BCUT2D eigenvalue weighted by molar-refractivity contribution is -0.158. The highest BCUT2D eigenvalue weighted by Gasteiger charge is 2.37. The lowest BCUT2D eigenvalue weighted by Crippen LogP contribution is -2.58. The van der Waals surface area contributed by atoms with Crippen LogP contribution in [-0.4, -0.2) is 108 Å². The molecule has 3 aromatic carbocycles. The first-order chi connectivity index (χ1) is 32.5. The Kier molecular flexibility index (Phi) is 20.0. The number of esters is 1. The number of morpholine rings is 1. The Labute approximate surface area is 397 Å². The maximum atomic E-state index is 14.8. The number of alkyl carbamates (subject to hydrolysis) is 1. The Bertz CT molecular complexity index is 2240. The Hall–Kier alpha value is -6.72. The fourth-order valence-corrected chi connectivity index (χ4v) is 7.46. The molecule has 5 rings (SSSR count). The number of halogens is 1. The summed E-state index contributed by atoms with van der Waals surface area (Å²) in [6, 6.07) is 25.0. The van der Waals surface area contributed by atoms with Crippen LogP contribution in [0, 0.1) is 17.7 Å². The topological polar surface area (TPSA) is 204 Å². The first-order valence-electron chi connectivity index (χ1n) is 22.8. The van der Waals surface area contributed by atoms with E-state index in [1.807, 2.05) is 36.4 Å². The normalized spacial score (nSPS) is 14.9. The summed E-state index contributed by atoms with van der Waals surface area (Å²) in [7, 11) is 0. The Morgan fingerprint density at radius 1 is 0.735 bits per heavy atom. The molecule has 5 atom stereocenters. The van der Waals surface area contributed by atoms with Crippen molar-refractivity contribution < 1.29 is 52.1 Å². The highest BCUT2D eigenvalue weighted by molar-refractivity contribution is 5.99. The molecule has 17 heteroatoms. The molecule has 2 heterocycles. The third kappa shape index (κ3) is 17.8. The second-order valence-electron chi connectivity index (χ2n) is 17.9. The van der Waals surface area contributed by atoms with Gasteiger partial charge in [0.2, 0.25) is 11.8 Å². The van der Waals surface area contributed by atoms with Crippen molar-refractivity contribution in [3.8, 4) is 0 Å². The van der Waals surface area contributed by atoms with E-state index in [1.54, 1.807) is 83.3 Å². The summed E-state index contributed by atoms with van der Waals surface area (Å²) in [5.74, 6) is -4.92. The minimum absolute atomic E-state index is 0.00401. The molecule has 4 N–H and O–H groups in total. The summed E-state index contributed by atoms with van der Waals surface area (Å²) >= 11 is 0. The molecule has 1 aliphatic heterocycles. The minimum atomic E-state index is -1.22. The molecule has 1 fully saturated rings. The number of carbonyl (C=O) groups excluding carboxylic acids is 6. The molecule has 1 saturated heterocycles. The molecule has 0 spiro atoms. The van der Waals surface area contributed by atoms with Gasteiger partial charge < -0.3 is 39.8 Å². The standard InChI is InChI=1S/C51H63FN6O10/c1-34(2)45(48(62)54-42(30-36-16-10-7-11-17-36)47(61)57-49(63)58-24-26-65-27-25-58)56-46(60)38(28-37-19-21-39(52)22-20-37)31-43(67-44(59)33-66-32-40-18-12-13-23-53-40)41(29-35-14-8-6-9-15-35)55-50(64)68-51(3,4)5/h6-23,34,38,41-43,45H,24-33H2,1-5H3,(H,54,62)(H,55,64)(H,56,60)(H,57,61,63). The summed E-state index contributed by atoms with van der Waals surface area (Å²) in [6.45, 7) is 9.33. The van der Waals surface area contributed by atoms with E-state index in [0.29, 0.717) is 43.1 Å². The summed E-state index contributed by atoms with van der Waals surface area (Å²) in [6.07, 6.45) is -0.408. The summed E-state index contributed by atoms with van der Waals surface area (Å²) in [4.78, 5) is 88.9. The number of nitrogens with one attached hydrogen (secondary N) is 4. The summed E-state index contributed by atoms with van der Waals surface area (Å²) < 4.78 is 37.0. The third-order valence-electron chi connectivity index (χ3n) is 10.9. The van der Waals surface area contributed by atoms with Crippen molar-refractivity contribution in [3.05, 3.63) is 138 Å². The zero-order valence-electron chi connectivity index (χ0n) is 39.3. The van der Waals surface area contributed by atoms with E-state index in [0.717, 1.165) is 5.56 Å². The zero-order chi connectivity index (χ0) is 49.1. The van der Waals surface area contributed by atoms with Gasteiger partial charge in [-0.2, -0.15) is 0 Å². The summed E-state index contributed by atoms with van der Waals surface area (Å²) in [5.41, 5.74) is 1.74. The largest absolute Gasteiger partial charge is 0.458 e. The van der Waals surface area contributed by atoms with Crippen LogP contribution in [0.15, 0.2) is 109 Å². The van der Waals surface area contributed by atoms with Crippen LogP contribution in [0.4, 0.5) is 14.0 Å². The van der Waals surface area contributed by atoms with Crippen molar-refractivity contribution in [1.29, 1.82) is 0 Å². The quantitative estimate of drug-likeness (QED) is 0.0772. The van der Waals surface area contributed by atoms with Crippen LogP contribution < -0.4 is 21.3 Å². The SMILES string of the molecule is CC(C)C(NC(=O)C(Cc1ccc(F)cc1)CC(OC(=O)COCc1ccccn1)C(Cc1ccccc1)NC(=O)OC(C)(C)C)C(=O)NC(Cc1ccccc1)C(=O)NC(=O)N1CCOCC1. The number of pyridine rings is 1. The average molecular weight is 939 g/mol. The van der Waals surface area contributed by atoms with Gasteiger partial charge in [0.15, 0.2) is 0 Å². The van der Waals surface area contributed by atoms with E-state index in [-0.39, 0.29) is 32.3 Å². The molecular weight excluding hydrogens is 876 g/mol. The van der Waals surface area contributed by atoms with Crippen molar-refractivity contribution in [2.75, 3.05) is 32.9 Å². The molecule has 0 aliphatic carbocycles. The van der Waals surface area contributed by atoms with Crippen molar-refractivity contribution in [3.63, 3.8) is 0 Å². The number of amides is 6. The first kappa shape index (κ1) is 52.3. The van der Waals surface area contributed by atoms with Crippen LogP contribution in [0.5, 0.6) is 0 Å². The highest BCUT2D eigenvalue weighted by Crippen LogP contribution is 2.23. The van der Waals surface area contributed by atoms with Gasteiger partial charge in [0.05, 0.1) is 31.6 Å². The maximum absolute atomic E-state index is 14.8. The molecule has 4 aromatic rings. The molecule has 1 aliphatic rings. The van der Waals surface area contributed by atoms with Gasteiger partial charge in [-0.25, -0.2) is 18.8 Å². The van der Waals surface area contributed by atoms with Gasteiger partial charge in [-0.15, -0.1) is 0 Å². The third-order valence-corrected chi connectivity index (χ3v) is 10.9. The fraction of sp³-hybridized carbons (Fsp3) is 0.431. The van der Waals surface area contributed by atoms with Gasteiger partial charge in [-0.05, 0) is 86.9 Å². The number of ether oxygens (including phenoxy) is 4. The molecule has 5 unspecified atom stereocenters. The van der Waals surface area contributed by atoms with Crippen molar-refractivity contribution >= 4 is 35.8 Å². The van der Waals surface area contributed by atoms with Gasteiger partial charge in [-0.3, -0.25) is 24.7 Å². The van der Waals surface area contributed by atoms with Crippen LogP contribution >= 0.6 is 0 Å². The van der Waals surface area contributed by atoms with Crippen LogP contribution in [0.1, 0.15) is 63.4 Å². The van der Waals surface area contributed by atoms with Gasteiger partial charge in [-0.1, -0.05) is 92.7 Å². The van der Waals surface area contributed by atoms with Crippen LogP contribution in [0.2, 0.25) is 0 Å². The van der Waals surface area contributed by atoms with Gasteiger partial charge in [0, 0.05) is 31.6 Å².